The van der Waals surface area contributed by atoms with E-state index in [2.05, 4.69) is 29.9 Å². The van der Waals surface area contributed by atoms with E-state index in [1.54, 1.807) is 0 Å². The van der Waals surface area contributed by atoms with Crippen molar-refractivity contribution in [1.82, 2.24) is 0 Å². The van der Waals surface area contributed by atoms with Crippen LogP contribution >= 0.6 is 0 Å². The van der Waals surface area contributed by atoms with Crippen LogP contribution in [-0.2, 0) is 14.3 Å². The molecule has 0 aliphatic heterocycles. The normalized spacial score (nSPS) is 14.7. The highest BCUT2D eigenvalue weighted by molar-refractivity contribution is 6.10. The second-order valence-corrected chi connectivity index (χ2v) is 6.00. The number of carbonyl (C=O) groups is 2. The van der Waals surface area contributed by atoms with Crippen molar-refractivity contribution in [1.29, 1.82) is 0 Å². The average Bonchev–Trinajstić information content (AvgIpc) is 3.02. The number of methoxy groups -OCH3 is 1. The van der Waals surface area contributed by atoms with Crippen LogP contribution < -0.4 is 0 Å². The molecular weight excluding hydrogens is 336 g/mol. The molecule has 0 aromatic heterocycles. The number of Topliss-reactive ketones (excluding diaryl/α,β-unsaturated/α-hetero) is 1. The fourth-order valence-corrected chi connectivity index (χ4v) is 2.31. The molecule has 0 aromatic rings. The first-order chi connectivity index (χ1) is 13.1. The maximum absolute atomic E-state index is 11.5. The minimum absolute atomic E-state index is 0.121. The van der Waals surface area contributed by atoms with Crippen LogP contribution in [0.25, 0.3) is 0 Å². The van der Waals surface area contributed by atoms with E-state index in [0.717, 1.165) is 56.1 Å². The Morgan fingerprint density at radius 2 is 1.78 bits per heavy atom. The van der Waals surface area contributed by atoms with Crippen LogP contribution in [0.5, 0.6) is 0 Å². The molecule has 0 radical (unpaired) electrons. The van der Waals surface area contributed by atoms with Crippen LogP contribution in [0.3, 0.4) is 0 Å². The lowest BCUT2D eigenvalue weighted by Gasteiger charge is -1.96. The summed E-state index contributed by atoms with van der Waals surface area (Å²) in [5.74, 6) is 0.128. The first-order valence-corrected chi connectivity index (χ1v) is 10.3. The first kappa shape index (κ1) is 27.3. The summed E-state index contributed by atoms with van der Waals surface area (Å²) in [6.07, 6.45) is 20.2. The molecule has 1 rings (SSSR count). The average molecular weight is 377 g/mol. The minimum atomic E-state index is -0.121. The standard InChI is InChI=1S/C14H20O.C8H14O2.C2H6/c1-3-4-5-6-7-8-9-13-11-10-12(2)14(13)15;1-3-4-5-6-7-8(9)10-2;1-2/h4-5,9-10H,3,6-8,11H2,1-2H3;3-4H,5-7H2,1-2H3;1-2H3/b5-4-,13-9+;4-3-;. The summed E-state index contributed by atoms with van der Waals surface area (Å²) in [5, 5.41) is 0. The van der Waals surface area contributed by atoms with Crippen molar-refractivity contribution in [3.63, 3.8) is 0 Å². The quantitative estimate of drug-likeness (QED) is 0.190. The SMILES string of the molecule is C/C=C\CCCC(=O)OC.CC.CC/C=C\CCC/C=C1\CC=C(C)C1=O. The monoisotopic (exact) mass is 376 g/mol. The molecule has 3 nitrogen and oxygen atoms in total. The molecule has 0 saturated heterocycles. The minimum Gasteiger partial charge on any atom is -0.469 e. The lowest BCUT2D eigenvalue weighted by Crippen LogP contribution is -1.98. The van der Waals surface area contributed by atoms with E-state index < -0.39 is 0 Å². The number of carbonyl (C=O) groups excluding carboxylic acids is 2. The molecule has 1 aliphatic rings. The zero-order valence-corrected chi connectivity index (χ0v) is 18.3. The fourth-order valence-electron chi connectivity index (χ4n) is 2.31. The van der Waals surface area contributed by atoms with Gasteiger partial charge in [0.2, 0.25) is 0 Å². The number of esters is 1. The molecule has 0 atom stereocenters. The fraction of sp³-hybridized carbons (Fsp3) is 0.583. The summed E-state index contributed by atoms with van der Waals surface area (Å²) in [5.41, 5.74) is 1.90. The van der Waals surface area contributed by atoms with Crippen molar-refractivity contribution in [3.8, 4) is 0 Å². The first-order valence-electron chi connectivity index (χ1n) is 10.3. The van der Waals surface area contributed by atoms with E-state index in [1.165, 1.54) is 7.11 Å². The summed E-state index contributed by atoms with van der Waals surface area (Å²) in [4.78, 5) is 22.0. The molecule has 0 saturated carbocycles. The molecule has 0 bridgehead atoms. The van der Waals surface area contributed by atoms with Gasteiger partial charge in [-0.15, -0.1) is 0 Å². The third-order valence-electron chi connectivity index (χ3n) is 3.86. The Morgan fingerprint density at radius 3 is 2.30 bits per heavy atom. The summed E-state index contributed by atoms with van der Waals surface area (Å²) in [7, 11) is 1.41. The molecule has 0 fully saturated rings. The lowest BCUT2D eigenvalue weighted by atomic mass is 10.1. The summed E-state index contributed by atoms with van der Waals surface area (Å²) in [6.45, 7) is 10.0. The van der Waals surface area contributed by atoms with Gasteiger partial charge in [-0.25, -0.2) is 0 Å². The molecule has 0 amide bonds. The Hall–Kier alpha value is -1.90. The molecule has 154 valence electrons. The molecule has 0 spiro atoms. The van der Waals surface area contributed by atoms with Crippen molar-refractivity contribution < 1.29 is 14.3 Å². The highest BCUT2D eigenvalue weighted by Gasteiger charge is 2.15. The van der Waals surface area contributed by atoms with Crippen LogP contribution in [0, 0.1) is 0 Å². The van der Waals surface area contributed by atoms with E-state index in [1.807, 2.05) is 45.9 Å². The van der Waals surface area contributed by atoms with E-state index in [9.17, 15) is 9.59 Å². The van der Waals surface area contributed by atoms with Gasteiger partial charge in [0.1, 0.15) is 0 Å². The van der Waals surface area contributed by atoms with Gasteiger partial charge in [0.25, 0.3) is 0 Å². The van der Waals surface area contributed by atoms with E-state index in [4.69, 9.17) is 0 Å². The van der Waals surface area contributed by atoms with Gasteiger partial charge in [-0.1, -0.05) is 57.2 Å². The van der Waals surface area contributed by atoms with Crippen LogP contribution in [0.4, 0.5) is 0 Å². The van der Waals surface area contributed by atoms with Gasteiger partial charge in [0.15, 0.2) is 5.78 Å². The Morgan fingerprint density at radius 1 is 1.11 bits per heavy atom. The predicted octanol–water partition coefficient (Wildman–Crippen LogP) is 6.90. The molecule has 1 aliphatic carbocycles. The maximum atomic E-state index is 11.5. The van der Waals surface area contributed by atoms with E-state index >= 15 is 0 Å². The van der Waals surface area contributed by atoms with E-state index in [-0.39, 0.29) is 11.8 Å². The van der Waals surface area contributed by atoms with Gasteiger partial charge in [-0.2, -0.15) is 0 Å². The maximum Gasteiger partial charge on any atom is 0.305 e. The predicted molar refractivity (Wildman–Crippen MR) is 117 cm³/mol. The smallest absolute Gasteiger partial charge is 0.305 e. The third-order valence-corrected chi connectivity index (χ3v) is 3.86. The highest BCUT2D eigenvalue weighted by atomic mass is 16.5. The van der Waals surface area contributed by atoms with E-state index in [0.29, 0.717) is 6.42 Å². The van der Waals surface area contributed by atoms with Crippen LogP contribution in [0.1, 0.15) is 86.0 Å². The van der Waals surface area contributed by atoms with Crippen molar-refractivity contribution in [2.24, 2.45) is 0 Å². The molecule has 0 heterocycles. The Kier molecular flexibility index (Phi) is 20.7. The Labute approximate surface area is 167 Å². The second kappa shape index (κ2) is 20.4. The number of ether oxygens (including phenoxy) is 1. The molecule has 0 N–H and O–H groups in total. The lowest BCUT2D eigenvalue weighted by molar-refractivity contribution is -0.140. The number of ketones is 1. The number of hydrogen-bond acceptors (Lipinski definition) is 3. The van der Waals surface area contributed by atoms with Gasteiger partial charge in [0.05, 0.1) is 7.11 Å². The van der Waals surface area contributed by atoms with Gasteiger partial charge in [0, 0.05) is 6.42 Å². The summed E-state index contributed by atoms with van der Waals surface area (Å²) in [6, 6.07) is 0. The molecule has 27 heavy (non-hydrogen) atoms. The third kappa shape index (κ3) is 16.0. The summed E-state index contributed by atoms with van der Waals surface area (Å²) >= 11 is 0. The highest BCUT2D eigenvalue weighted by Crippen LogP contribution is 2.20. The van der Waals surface area contributed by atoms with Crippen LogP contribution in [0.15, 0.2) is 47.6 Å². The second-order valence-electron chi connectivity index (χ2n) is 6.00. The Bertz CT molecular complexity index is 508. The zero-order valence-electron chi connectivity index (χ0n) is 18.3. The van der Waals surface area contributed by atoms with Gasteiger partial charge >= 0.3 is 5.97 Å². The Balaban J connectivity index is 0. The molecule has 0 aromatic carbocycles. The molecular formula is C24H40O3. The van der Waals surface area contributed by atoms with Gasteiger partial charge in [-0.3, -0.25) is 9.59 Å². The number of hydrogen-bond donors (Lipinski definition) is 0. The van der Waals surface area contributed by atoms with Crippen molar-refractivity contribution >= 4 is 11.8 Å². The number of allylic oxidation sites excluding steroid dienone is 8. The van der Waals surface area contributed by atoms with Crippen molar-refractivity contribution in [2.45, 2.75) is 86.0 Å². The number of rotatable bonds is 9. The molecule has 3 heteroatoms. The zero-order chi connectivity index (χ0) is 20.9. The van der Waals surface area contributed by atoms with Gasteiger partial charge < -0.3 is 4.74 Å². The van der Waals surface area contributed by atoms with Crippen molar-refractivity contribution in [3.05, 3.63) is 47.6 Å². The summed E-state index contributed by atoms with van der Waals surface area (Å²) < 4.78 is 4.47. The largest absolute Gasteiger partial charge is 0.469 e. The van der Waals surface area contributed by atoms with Crippen LogP contribution in [0.2, 0.25) is 0 Å². The topological polar surface area (TPSA) is 43.4 Å². The molecule has 0 unspecified atom stereocenters. The van der Waals surface area contributed by atoms with Gasteiger partial charge in [-0.05, 0) is 69.9 Å². The number of unbranched alkanes of at least 4 members (excludes halogenated alkanes) is 3. The van der Waals surface area contributed by atoms with Crippen LogP contribution in [-0.4, -0.2) is 18.9 Å². The van der Waals surface area contributed by atoms with Crippen molar-refractivity contribution in [2.75, 3.05) is 7.11 Å².